The Morgan fingerprint density at radius 1 is 1.44 bits per heavy atom. The lowest BCUT2D eigenvalue weighted by atomic mass is 9.91. The van der Waals surface area contributed by atoms with Crippen LogP contribution in [0.2, 0.25) is 0 Å². The number of halogens is 2. The molecule has 1 rings (SSSR count). The van der Waals surface area contributed by atoms with Crippen molar-refractivity contribution >= 4 is 15.9 Å². The Bertz CT molecular complexity index is 395. The lowest BCUT2D eigenvalue weighted by Crippen LogP contribution is -2.41. The molecule has 0 saturated heterocycles. The standard InChI is InChI=1S/C14H21BrFNO/c1-5-8-17-13(14(2,3)18-4)11-9-10(15)6-7-12(11)16/h6-7,9,13,17H,5,8H2,1-4H3. The van der Waals surface area contributed by atoms with Gasteiger partial charge in [0.2, 0.25) is 0 Å². The zero-order chi connectivity index (χ0) is 13.8. The number of rotatable bonds is 6. The highest BCUT2D eigenvalue weighted by Crippen LogP contribution is 2.31. The second-order valence-corrected chi connectivity index (χ2v) is 5.78. The molecule has 2 nitrogen and oxygen atoms in total. The number of hydrogen-bond donors (Lipinski definition) is 1. The summed E-state index contributed by atoms with van der Waals surface area (Å²) in [6.07, 6.45) is 0.992. The van der Waals surface area contributed by atoms with E-state index < -0.39 is 5.60 Å². The molecule has 4 heteroatoms. The fourth-order valence-electron chi connectivity index (χ4n) is 1.87. The second kappa shape index (κ2) is 6.64. The minimum atomic E-state index is -0.475. The average Bonchev–Trinajstić information content (AvgIpc) is 2.33. The molecular formula is C14H21BrFNO. The lowest BCUT2D eigenvalue weighted by Gasteiger charge is -2.34. The summed E-state index contributed by atoms with van der Waals surface area (Å²) in [6.45, 7) is 6.83. The van der Waals surface area contributed by atoms with Gasteiger partial charge in [-0.1, -0.05) is 22.9 Å². The SMILES string of the molecule is CCCNC(c1cc(Br)ccc1F)C(C)(C)OC. The molecular weight excluding hydrogens is 297 g/mol. The summed E-state index contributed by atoms with van der Waals surface area (Å²) < 4.78 is 20.4. The minimum Gasteiger partial charge on any atom is -0.377 e. The average molecular weight is 318 g/mol. The molecule has 0 radical (unpaired) electrons. The van der Waals surface area contributed by atoms with Crippen molar-refractivity contribution in [3.05, 3.63) is 34.1 Å². The molecule has 1 aromatic rings. The lowest BCUT2D eigenvalue weighted by molar-refractivity contribution is -0.0120. The topological polar surface area (TPSA) is 21.3 Å². The molecule has 0 aliphatic carbocycles. The van der Waals surface area contributed by atoms with Gasteiger partial charge >= 0.3 is 0 Å². The van der Waals surface area contributed by atoms with Crippen LogP contribution >= 0.6 is 15.9 Å². The maximum Gasteiger partial charge on any atom is 0.128 e. The molecule has 0 aromatic heterocycles. The highest BCUT2D eigenvalue weighted by atomic mass is 79.9. The van der Waals surface area contributed by atoms with E-state index >= 15 is 0 Å². The molecule has 18 heavy (non-hydrogen) atoms. The zero-order valence-electron chi connectivity index (χ0n) is 11.4. The highest BCUT2D eigenvalue weighted by Gasteiger charge is 2.32. The predicted octanol–water partition coefficient (Wildman–Crippen LogP) is 4.05. The first-order valence-electron chi connectivity index (χ1n) is 6.16. The summed E-state index contributed by atoms with van der Waals surface area (Å²) in [5.74, 6) is -0.211. The third-order valence-electron chi connectivity index (χ3n) is 3.09. The van der Waals surface area contributed by atoms with E-state index in [-0.39, 0.29) is 11.9 Å². The molecule has 1 aromatic carbocycles. The first kappa shape index (κ1) is 15.6. The van der Waals surface area contributed by atoms with Crippen LogP contribution in [0.15, 0.2) is 22.7 Å². The van der Waals surface area contributed by atoms with E-state index in [2.05, 4.69) is 28.2 Å². The first-order chi connectivity index (χ1) is 8.42. The van der Waals surface area contributed by atoms with E-state index in [0.29, 0.717) is 5.56 Å². The van der Waals surface area contributed by atoms with Gasteiger partial charge < -0.3 is 10.1 Å². The summed E-state index contributed by atoms with van der Waals surface area (Å²) in [4.78, 5) is 0. The van der Waals surface area contributed by atoms with Gasteiger partial charge in [0.1, 0.15) is 5.82 Å². The van der Waals surface area contributed by atoms with Crippen molar-refractivity contribution in [3.63, 3.8) is 0 Å². The summed E-state index contributed by atoms with van der Waals surface area (Å²) in [5.41, 5.74) is 0.154. The normalized spacial score (nSPS) is 13.7. The van der Waals surface area contributed by atoms with Crippen molar-refractivity contribution < 1.29 is 9.13 Å². The van der Waals surface area contributed by atoms with Crippen molar-refractivity contribution in [1.29, 1.82) is 0 Å². The fourth-order valence-corrected chi connectivity index (χ4v) is 2.25. The van der Waals surface area contributed by atoms with Crippen LogP contribution in [0.4, 0.5) is 4.39 Å². The number of methoxy groups -OCH3 is 1. The summed E-state index contributed by atoms with van der Waals surface area (Å²) >= 11 is 3.39. The molecule has 0 aliphatic heterocycles. The van der Waals surface area contributed by atoms with Crippen LogP contribution < -0.4 is 5.32 Å². The smallest absolute Gasteiger partial charge is 0.128 e. The molecule has 1 unspecified atom stereocenters. The Morgan fingerprint density at radius 3 is 2.67 bits per heavy atom. The number of ether oxygens (including phenoxy) is 1. The highest BCUT2D eigenvalue weighted by molar-refractivity contribution is 9.10. The third-order valence-corrected chi connectivity index (χ3v) is 3.58. The van der Waals surface area contributed by atoms with Crippen molar-refractivity contribution in [2.45, 2.75) is 38.8 Å². The number of hydrogen-bond acceptors (Lipinski definition) is 2. The Labute approximate surface area is 117 Å². The van der Waals surface area contributed by atoms with Crippen molar-refractivity contribution in [3.8, 4) is 0 Å². The second-order valence-electron chi connectivity index (χ2n) is 4.86. The molecule has 1 N–H and O–H groups in total. The van der Waals surface area contributed by atoms with Crippen molar-refractivity contribution in [2.24, 2.45) is 0 Å². The maximum absolute atomic E-state index is 14.0. The van der Waals surface area contributed by atoms with Gasteiger partial charge in [0.15, 0.2) is 0 Å². The fraction of sp³-hybridized carbons (Fsp3) is 0.571. The first-order valence-corrected chi connectivity index (χ1v) is 6.95. The van der Waals surface area contributed by atoms with E-state index in [1.165, 1.54) is 6.07 Å². The molecule has 1 atom stereocenters. The van der Waals surface area contributed by atoms with Gasteiger partial charge in [0.05, 0.1) is 11.6 Å². The summed E-state index contributed by atoms with van der Waals surface area (Å²) in [7, 11) is 1.65. The minimum absolute atomic E-state index is 0.181. The maximum atomic E-state index is 14.0. The van der Waals surface area contributed by atoms with Crippen LogP contribution in [0.25, 0.3) is 0 Å². The van der Waals surface area contributed by atoms with E-state index in [9.17, 15) is 4.39 Å². The van der Waals surface area contributed by atoms with E-state index in [0.717, 1.165) is 17.4 Å². The van der Waals surface area contributed by atoms with Gasteiger partial charge in [-0.25, -0.2) is 4.39 Å². The van der Waals surface area contributed by atoms with E-state index in [4.69, 9.17) is 4.74 Å². The summed E-state index contributed by atoms with van der Waals surface area (Å²) in [6, 6.07) is 4.81. The zero-order valence-corrected chi connectivity index (χ0v) is 13.0. The Hall–Kier alpha value is -0.450. The molecule has 0 amide bonds. The molecule has 0 heterocycles. The summed E-state index contributed by atoms with van der Waals surface area (Å²) in [5, 5.41) is 3.36. The van der Waals surface area contributed by atoms with Crippen molar-refractivity contribution in [1.82, 2.24) is 5.32 Å². The van der Waals surface area contributed by atoms with E-state index in [1.54, 1.807) is 13.2 Å². The third kappa shape index (κ3) is 3.77. The molecule has 0 saturated carbocycles. The monoisotopic (exact) mass is 317 g/mol. The van der Waals surface area contributed by atoms with Crippen LogP contribution in [0.3, 0.4) is 0 Å². The van der Waals surface area contributed by atoms with Gasteiger partial charge in [-0.05, 0) is 45.0 Å². The predicted molar refractivity (Wildman–Crippen MR) is 76.2 cm³/mol. The van der Waals surface area contributed by atoms with Crippen molar-refractivity contribution in [2.75, 3.05) is 13.7 Å². The Kier molecular flexibility index (Phi) is 5.76. The van der Waals surface area contributed by atoms with Gasteiger partial charge in [0.25, 0.3) is 0 Å². The number of nitrogens with one attached hydrogen (secondary N) is 1. The Morgan fingerprint density at radius 2 is 2.11 bits per heavy atom. The molecule has 0 bridgehead atoms. The van der Waals surface area contributed by atoms with E-state index in [1.807, 2.05) is 19.9 Å². The van der Waals surface area contributed by atoms with Gasteiger partial charge in [-0.15, -0.1) is 0 Å². The molecule has 0 spiro atoms. The van der Waals surface area contributed by atoms with Crippen LogP contribution in [-0.2, 0) is 4.74 Å². The van der Waals surface area contributed by atoms with Crippen LogP contribution in [0.5, 0.6) is 0 Å². The largest absolute Gasteiger partial charge is 0.377 e. The number of benzene rings is 1. The Balaban J connectivity index is 3.12. The van der Waals surface area contributed by atoms with Crippen LogP contribution in [0, 0.1) is 5.82 Å². The van der Waals surface area contributed by atoms with Gasteiger partial charge in [-0.3, -0.25) is 0 Å². The van der Waals surface area contributed by atoms with Crippen LogP contribution in [0.1, 0.15) is 38.8 Å². The molecule has 0 aliphatic rings. The van der Waals surface area contributed by atoms with Gasteiger partial charge in [0, 0.05) is 17.1 Å². The molecule has 102 valence electrons. The van der Waals surface area contributed by atoms with Crippen LogP contribution in [-0.4, -0.2) is 19.3 Å². The quantitative estimate of drug-likeness (QED) is 0.854. The van der Waals surface area contributed by atoms with Gasteiger partial charge in [-0.2, -0.15) is 0 Å². The molecule has 0 fully saturated rings.